The highest BCUT2D eigenvalue weighted by Gasteiger charge is 2.14. The Balaban J connectivity index is 2.26. The van der Waals surface area contributed by atoms with Crippen LogP contribution in [0.25, 0.3) is 22.6 Å². The van der Waals surface area contributed by atoms with E-state index in [0.717, 1.165) is 22.6 Å². The van der Waals surface area contributed by atoms with Gasteiger partial charge in [-0.05, 0) is 36.8 Å². The van der Waals surface area contributed by atoms with Crippen molar-refractivity contribution in [3.05, 3.63) is 47.7 Å². The molecule has 0 fully saturated rings. The smallest absolute Gasteiger partial charge is 0.335 e. The molecule has 5 nitrogen and oxygen atoms in total. The van der Waals surface area contributed by atoms with Crippen molar-refractivity contribution in [2.24, 2.45) is 7.05 Å². The molecule has 3 aromatic rings. The molecule has 20 heavy (non-hydrogen) atoms. The minimum absolute atomic E-state index is 0.236. The maximum atomic E-state index is 11.0. The highest BCUT2D eigenvalue weighted by molar-refractivity contribution is 5.93. The molecule has 5 heteroatoms. The first-order valence-electron chi connectivity index (χ1n) is 6.19. The number of aryl methyl sites for hydroxylation is 2. The first kappa shape index (κ1) is 12.3. The largest absolute Gasteiger partial charge is 0.478 e. The maximum absolute atomic E-state index is 11.0. The molecule has 0 bridgehead atoms. The van der Waals surface area contributed by atoms with Gasteiger partial charge in [0.05, 0.1) is 16.6 Å². The zero-order valence-electron chi connectivity index (χ0n) is 11.2. The van der Waals surface area contributed by atoms with E-state index in [1.54, 1.807) is 24.4 Å². The van der Waals surface area contributed by atoms with Gasteiger partial charge >= 0.3 is 5.97 Å². The van der Waals surface area contributed by atoms with E-state index in [4.69, 9.17) is 5.11 Å². The molecule has 0 atom stereocenters. The number of rotatable bonds is 2. The Morgan fingerprint density at radius 2 is 2.10 bits per heavy atom. The Morgan fingerprint density at radius 3 is 2.80 bits per heavy atom. The number of aromatic nitrogens is 3. The van der Waals surface area contributed by atoms with Gasteiger partial charge in [-0.25, -0.2) is 9.78 Å². The molecular weight excluding hydrogens is 254 g/mol. The van der Waals surface area contributed by atoms with Crippen LogP contribution in [0.1, 0.15) is 15.9 Å². The summed E-state index contributed by atoms with van der Waals surface area (Å²) in [6.45, 7) is 1.98. The van der Waals surface area contributed by atoms with Crippen LogP contribution in [0.3, 0.4) is 0 Å². The molecule has 1 N–H and O–H groups in total. The fourth-order valence-electron chi connectivity index (χ4n) is 2.26. The first-order chi connectivity index (χ1) is 9.58. The van der Waals surface area contributed by atoms with E-state index in [2.05, 4.69) is 9.97 Å². The van der Waals surface area contributed by atoms with Crippen molar-refractivity contribution < 1.29 is 9.90 Å². The number of hydrogen-bond donors (Lipinski definition) is 1. The predicted molar refractivity (Wildman–Crippen MR) is 75.6 cm³/mol. The average molecular weight is 267 g/mol. The Bertz CT molecular complexity index is 821. The minimum Gasteiger partial charge on any atom is -0.478 e. The van der Waals surface area contributed by atoms with Gasteiger partial charge < -0.3 is 9.67 Å². The maximum Gasteiger partial charge on any atom is 0.335 e. The van der Waals surface area contributed by atoms with E-state index in [1.807, 2.05) is 30.7 Å². The molecule has 0 saturated heterocycles. The van der Waals surface area contributed by atoms with Gasteiger partial charge in [0, 0.05) is 13.2 Å². The van der Waals surface area contributed by atoms with E-state index < -0.39 is 5.97 Å². The SMILES string of the molecule is Cc1cccnc1-c1nc2cc(C(=O)O)ccc2n1C. The Morgan fingerprint density at radius 1 is 1.30 bits per heavy atom. The average Bonchev–Trinajstić information content (AvgIpc) is 2.76. The summed E-state index contributed by atoms with van der Waals surface area (Å²) < 4.78 is 1.93. The van der Waals surface area contributed by atoms with Crippen molar-refractivity contribution in [2.45, 2.75) is 6.92 Å². The molecule has 0 aliphatic rings. The van der Waals surface area contributed by atoms with Crippen molar-refractivity contribution in [1.29, 1.82) is 0 Å². The van der Waals surface area contributed by atoms with Crippen LogP contribution in [0.5, 0.6) is 0 Å². The van der Waals surface area contributed by atoms with E-state index in [9.17, 15) is 4.79 Å². The van der Waals surface area contributed by atoms with Crippen LogP contribution in [0.2, 0.25) is 0 Å². The van der Waals surface area contributed by atoms with Crippen molar-refractivity contribution in [1.82, 2.24) is 14.5 Å². The zero-order valence-corrected chi connectivity index (χ0v) is 11.2. The van der Waals surface area contributed by atoms with Crippen LogP contribution in [-0.2, 0) is 7.05 Å². The normalized spacial score (nSPS) is 10.9. The lowest BCUT2D eigenvalue weighted by Gasteiger charge is -2.04. The molecule has 2 heterocycles. The van der Waals surface area contributed by atoms with Crippen molar-refractivity contribution in [3.8, 4) is 11.5 Å². The summed E-state index contributed by atoms with van der Waals surface area (Å²) in [6, 6.07) is 8.79. The molecule has 0 spiro atoms. The second-order valence-electron chi connectivity index (χ2n) is 4.67. The van der Waals surface area contributed by atoms with Gasteiger partial charge in [0.1, 0.15) is 5.69 Å². The second-order valence-corrected chi connectivity index (χ2v) is 4.67. The molecule has 100 valence electrons. The third-order valence-corrected chi connectivity index (χ3v) is 3.35. The number of hydrogen-bond acceptors (Lipinski definition) is 3. The van der Waals surface area contributed by atoms with Crippen LogP contribution < -0.4 is 0 Å². The summed E-state index contributed by atoms with van der Waals surface area (Å²) in [5, 5.41) is 9.03. The van der Waals surface area contributed by atoms with Crippen molar-refractivity contribution in [3.63, 3.8) is 0 Å². The third kappa shape index (κ3) is 1.84. The Hall–Kier alpha value is -2.69. The van der Waals surface area contributed by atoms with Crippen molar-refractivity contribution >= 4 is 17.0 Å². The molecular formula is C15H13N3O2. The monoisotopic (exact) mass is 267 g/mol. The summed E-state index contributed by atoms with van der Waals surface area (Å²) in [7, 11) is 1.90. The Kier molecular flexibility index (Phi) is 2.75. The summed E-state index contributed by atoms with van der Waals surface area (Å²) in [5.41, 5.74) is 3.62. The summed E-state index contributed by atoms with van der Waals surface area (Å²) in [6.07, 6.45) is 1.73. The van der Waals surface area contributed by atoms with E-state index in [1.165, 1.54) is 0 Å². The van der Waals surface area contributed by atoms with Gasteiger partial charge in [-0.3, -0.25) is 4.98 Å². The molecule has 0 saturated carbocycles. The topological polar surface area (TPSA) is 68.0 Å². The van der Waals surface area contributed by atoms with Crippen molar-refractivity contribution in [2.75, 3.05) is 0 Å². The minimum atomic E-state index is -0.951. The number of carboxylic acid groups (broad SMARTS) is 1. The quantitative estimate of drug-likeness (QED) is 0.775. The molecule has 0 radical (unpaired) electrons. The number of nitrogens with zero attached hydrogens (tertiary/aromatic N) is 3. The van der Waals surface area contributed by atoms with E-state index >= 15 is 0 Å². The number of pyridine rings is 1. The number of carbonyl (C=O) groups is 1. The predicted octanol–water partition coefficient (Wildman–Crippen LogP) is 2.64. The lowest BCUT2D eigenvalue weighted by atomic mass is 10.2. The van der Waals surface area contributed by atoms with Crippen LogP contribution in [0, 0.1) is 6.92 Å². The van der Waals surface area contributed by atoms with E-state index in [-0.39, 0.29) is 5.56 Å². The molecule has 0 unspecified atom stereocenters. The third-order valence-electron chi connectivity index (χ3n) is 3.35. The first-order valence-corrected chi connectivity index (χ1v) is 6.19. The van der Waals surface area contributed by atoms with Crippen LogP contribution in [-0.4, -0.2) is 25.6 Å². The number of carboxylic acids is 1. The standard InChI is InChI=1S/C15H13N3O2/c1-9-4-3-7-16-13(9)14-17-11-8-10(15(19)20)5-6-12(11)18(14)2/h3-8H,1-2H3,(H,19,20). The number of fused-ring (bicyclic) bond motifs is 1. The number of imidazole rings is 1. The van der Waals surface area contributed by atoms with E-state index in [0.29, 0.717) is 5.52 Å². The van der Waals surface area contributed by atoms with Gasteiger partial charge in [0.2, 0.25) is 0 Å². The number of aromatic carboxylic acids is 1. The molecule has 1 aromatic carbocycles. The van der Waals surface area contributed by atoms with Gasteiger partial charge in [0.15, 0.2) is 5.82 Å². The van der Waals surface area contributed by atoms with Crippen LogP contribution in [0.15, 0.2) is 36.5 Å². The van der Waals surface area contributed by atoms with Crippen LogP contribution >= 0.6 is 0 Å². The van der Waals surface area contributed by atoms with Gasteiger partial charge in [0.25, 0.3) is 0 Å². The molecule has 0 aliphatic carbocycles. The highest BCUT2D eigenvalue weighted by Crippen LogP contribution is 2.25. The summed E-state index contributed by atoms with van der Waals surface area (Å²) >= 11 is 0. The molecule has 0 aliphatic heterocycles. The molecule has 3 rings (SSSR count). The van der Waals surface area contributed by atoms with Gasteiger partial charge in [-0.1, -0.05) is 6.07 Å². The highest BCUT2D eigenvalue weighted by atomic mass is 16.4. The fourth-order valence-corrected chi connectivity index (χ4v) is 2.26. The lowest BCUT2D eigenvalue weighted by molar-refractivity contribution is 0.0697. The second kappa shape index (κ2) is 4.45. The molecule has 2 aromatic heterocycles. The zero-order chi connectivity index (χ0) is 14.3. The number of benzene rings is 1. The van der Waals surface area contributed by atoms with Gasteiger partial charge in [-0.2, -0.15) is 0 Å². The Labute approximate surface area is 115 Å². The summed E-state index contributed by atoms with van der Waals surface area (Å²) in [4.78, 5) is 19.9. The lowest BCUT2D eigenvalue weighted by Crippen LogP contribution is -1.97. The summed E-state index contributed by atoms with van der Waals surface area (Å²) in [5.74, 6) is -0.214. The fraction of sp³-hybridized carbons (Fsp3) is 0.133. The van der Waals surface area contributed by atoms with Crippen LogP contribution in [0.4, 0.5) is 0 Å². The van der Waals surface area contributed by atoms with Gasteiger partial charge in [-0.15, -0.1) is 0 Å². The molecule has 0 amide bonds.